The molecule has 6 nitrogen and oxygen atoms in total. The molecule has 3 heterocycles. The molecule has 7 heteroatoms. The minimum atomic E-state index is -0.348. The molecule has 0 bridgehead atoms. The van der Waals surface area contributed by atoms with E-state index in [1.54, 1.807) is 6.07 Å². The third-order valence-corrected chi connectivity index (χ3v) is 7.49. The molecule has 1 amide bonds. The molecule has 1 aliphatic carbocycles. The van der Waals surface area contributed by atoms with E-state index in [-0.39, 0.29) is 11.9 Å². The lowest BCUT2D eigenvalue weighted by Gasteiger charge is -2.13. The number of para-hydroxylation sites is 1. The summed E-state index contributed by atoms with van der Waals surface area (Å²) < 4.78 is 11.3. The van der Waals surface area contributed by atoms with E-state index in [9.17, 15) is 9.59 Å². The number of rotatable bonds is 7. The van der Waals surface area contributed by atoms with Gasteiger partial charge < -0.3 is 14.5 Å². The van der Waals surface area contributed by atoms with Crippen LogP contribution in [0.2, 0.25) is 0 Å². The Bertz CT molecular complexity index is 1400. The molecule has 1 aliphatic rings. The number of amides is 1. The summed E-state index contributed by atoms with van der Waals surface area (Å²) in [7, 11) is 0. The molecule has 0 atom stereocenters. The van der Waals surface area contributed by atoms with E-state index in [0.29, 0.717) is 39.7 Å². The highest BCUT2D eigenvalue weighted by Gasteiger charge is 2.28. The van der Waals surface area contributed by atoms with Crippen LogP contribution in [0.25, 0.3) is 22.4 Å². The van der Waals surface area contributed by atoms with Gasteiger partial charge in [0.25, 0.3) is 5.91 Å². The van der Waals surface area contributed by atoms with Crippen molar-refractivity contribution in [1.29, 1.82) is 0 Å². The Labute approximate surface area is 208 Å². The highest BCUT2D eigenvalue weighted by Crippen LogP contribution is 2.39. The largest absolute Gasteiger partial charge is 0.462 e. The lowest BCUT2D eigenvalue weighted by atomic mass is 9.95. The van der Waals surface area contributed by atoms with Gasteiger partial charge in [-0.25, -0.2) is 9.78 Å². The number of carbonyl (C=O) groups excluding carboxylic acids is 2. The van der Waals surface area contributed by atoms with Gasteiger partial charge in [-0.1, -0.05) is 31.5 Å². The second kappa shape index (κ2) is 10.0. The summed E-state index contributed by atoms with van der Waals surface area (Å²) in [6.45, 7) is 4.31. The molecule has 4 aromatic rings. The van der Waals surface area contributed by atoms with E-state index in [1.807, 2.05) is 43.3 Å². The zero-order valence-electron chi connectivity index (χ0n) is 20.0. The summed E-state index contributed by atoms with van der Waals surface area (Å²) in [4.78, 5) is 32.6. The maximum absolute atomic E-state index is 13.6. The summed E-state index contributed by atoms with van der Waals surface area (Å²) >= 11 is 1.49. The number of anilines is 1. The molecular formula is C28H28N2O4S. The van der Waals surface area contributed by atoms with Crippen molar-refractivity contribution in [3.8, 4) is 11.5 Å². The molecule has 3 aromatic heterocycles. The maximum atomic E-state index is 13.6. The quantitative estimate of drug-likeness (QED) is 0.225. The number of esters is 1. The standard InChI is InChI=1S/C28H28N2O4S/c1-3-4-15-33-28(32)25-19-10-6-8-12-24(19)35-27(25)30-26(31)20-16-22(23-14-13-17(2)34-23)29-21-11-7-5-9-18(20)21/h5,7,9,11,13-14,16H,3-4,6,8,10,12,15H2,1-2H3,(H,30,31). The number of nitrogens with one attached hydrogen (secondary N) is 1. The zero-order chi connectivity index (χ0) is 24.4. The number of hydrogen-bond acceptors (Lipinski definition) is 6. The van der Waals surface area contributed by atoms with Gasteiger partial charge in [0, 0.05) is 10.3 Å². The molecular weight excluding hydrogens is 460 g/mol. The summed E-state index contributed by atoms with van der Waals surface area (Å²) in [5, 5.41) is 4.36. The van der Waals surface area contributed by atoms with E-state index in [1.165, 1.54) is 16.2 Å². The Hall–Kier alpha value is -3.45. The average molecular weight is 489 g/mol. The zero-order valence-corrected chi connectivity index (χ0v) is 20.8. The van der Waals surface area contributed by atoms with Crippen LogP contribution < -0.4 is 5.32 Å². The third kappa shape index (κ3) is 4.73. The van der Waals surface area contributed by atoms with Gasteiger partial charge >= 0.3 is 5.97 Å². The van der Waals surface area contributed by atoms with Gasteiger partial charge in [-0.05, 0) is 68.9 Å². The molecule has 35 heavy (non-hydrogen) atoms. The second-order valence-corrected chi connectivity index (χ2v) is 9.95. The van der Waals surface area contributed by atoms with Crippen molar-refractivity contribution in [2.75, 3.05) is 11.9 Å². The number of ether oxygens (including phenoxy) is 1. The van der Waals surface area contributed by atoms with Crippen LogP contribution in [0.1, 0.15) is 69.5 Å². The lowest BCUT2D eigenvalue weighted by molar-refractivity contribution is 0.0500. The maximum Gasteiger partial charge on any atom is 0.341 e. The molecule has 0 fully saturated rings. The number of unbranched alkanes of at least 4 members (excludes halogenated alkanes) is 1. The van der Waals surface area contributed by atoms with Crippen LogP contribution in [0.15, 0.2) is 46.9 Å². The van der Waals surface area contributed by atoms with Gasteiger partial charge in [0.2, 0.25) is 0 Å². The van der Waals surface area contributed by atoms with Crippen molar-refractivity contribution in [1.82, 2.24) is 4.98 Å². The Kier molecular flexibility index (Phi) is 6.68. The molecule has 1 aromatic carbocycles. The number of thiophene rings is 1. The Morgan fingerprint density at radius 2 is 1.97 bits per heavy atom. The Morgan fingerprint density at radius 3 is 2.77 bits per heavy atom. The van der Waals surface area contributed by atoms with Crippen LogP contribution in [0.4, 0.5) is 5.00 Å². The fourth-order valence-corrected chi connectivity index (χ4v) is 5.76. The molecule has 0 saturated heterocycles. The van der Waals surface area contributed by atoms with E-state index < -0.39 is 0 Å². The minimum Gasteiger partial charge on any atom is -0.462 e. The number of aryl methyl sites for hydroxylation is 2. The molecule has 180 valence electrons. The van der Waals surface area contributed by atoms with E-state index >= 15 is 0 Å². The van der Waals surface area contributed by atoms with Gasteiger partial charge in [0.05, 0.1) is 23.3 Å². The van der Waals surface area contributed by atoms with Gasteiger partial charge in [-0.15, -0.1) is 11.3 Å². The van der Waals surface area contributed by atoms with Crippen LogP contribution in [-0.4, -0.2) is 23.5 Å². The van der Waals surface area contributed by atoms with Crippen molar-refractivity contribution in [3.05, 3.63) is 69.8 Å². The van der Waals surface area contributed by atoms with Crippen molar-refractivity contribution in [2.24, 2.45) is 0 Å². The number of carbonyl (C=O) groups is 2. The van der Waals surface area contributed by atoms with Gasteiger partial charge in [-0.2, -0.15) is 0 Å². The number of aromatic nitrogens is 1. The smallest absolute Gasteiger partial charge is 0.341 e. The fourth-order valence-electron chi connectivity index (χ4n) is 4.48. The van der Waals surface area contributed by atoms with Gasteiger partial charge in [0.1, 0.15) is 16.5 Å². The minimum absolute atomic E-state index is 0.283. The third-order valence-electron chi connectivity index (χ3n) is 6.29. The van der Waals surface area contributed by atoms with E-state index in [2.05, 4.69) is 12.2 Å². The van der Waals surface area contributed by atoms with Gasteiger partial charge in [-0.3, -0.25) is 4.79 Å². The number of hydrogen-bond donors (Lipinski definition) is 1. The number of benzene rings is 1. The normalized spacial score (nSPS) is 13.0. The highest BCUT2D eigenvalue weighted by atomic mass is 32.1. The molecule has 1 N–H and O–H groups in total. The first-order valence-electron chi connectivity index (χ1n) is 12.1. The predicted molar refractivity (Wildman–Crippen MR) is 138 cm³/mol. The molecule has 0 unspecified atom stereocenters. The van der Waals surface area contributed by atoms with Crippen molar-refractivity contribution in [2.45, 2.75) is 52.4 Å². The first-order valence-corrected chi connectivity index (χ1v) is 13.0. The molecule has 0 saturated carbocycles. The summed E-state index contributed by atoms with van der Waals surface area (Å²) in [6.07, 6.45) is 5.65. The fraction of sp³-hybridized carbons (Fsp3) is 0.321. The van der Waals surface area contributed by atoms with E-state index in [0.717, 1.165) is 55.2 Å². The van der Waals surface area contributed by atoms with Crippen molar-refractivity contribution >= 4 is 39.1 Å². The lowest BCUT2D eigenvalue weighted by Crippen LogP contribution is -2.16. The van der Waals surface area contributed by atoms with Crippen LogP contribution in [0.5, 0.6) is 0 Å². The molecule has 0 spiro atoms. The number of pyridine rings is 1. The van der Waals surface area contributed by atoms with Crippen molar-refractivity contribution in [3.63, 3.8) is 0 Å². The molecule has 5 rings (SSSR count). The van der Waals surface area contributed by atoms with Crippen LogP contribution in [-0.2, 0) is 17.6 Å². The Morgan fingerprint density at radius 1 is 1.14 bits per heavy atom. The SMILES string of the molecule is CCCCOC(=O)c1c(NC(=O)c2cc(-c3ccc(C)o3)nc3ccccc23)sc2c1CCCC2. The summed E-state index contributed by atoms with van der Waals surface area (Å²) in [6, 6.07) is 13.0. The van der Waals surface area contributed by atoms with Gasteiger partial charge in [0.15, 0.2) is 5.76 Å². The first-order chi connectivity index (χ1) is 17.0. The first kappa shape index (κ1) is 23.3. The second-order valence-electron chi connectivity index (χ2n) is 8.84. The predicted octanol–water partition coefficient (Wildman–Crippen LogP) is 6.95. The molecule has 0 radical (unpaired) electrons. The topological polar surface area (TPSA) is 81.4 Å². The Balaban J connectivity index is 1.53. The summed E-state index contributed by atoms with van der Waals surface area (Å²) in [5.41, 5.74) is 3.33. The monoisotopic (exact) mass is 488 g/mol. The van der Waals surface area contributed by atoms with Crippen LogP contribution >= 0.6 is 11.3 Å². The van der Waals surface area contributed by atoms with E-state index in [4.69, 9.17) is 14.1 Å². The van der Waals surface area contributed by atoms with Crippen molar-refractivity contribution < 1.29 is 18.7 Å². The molecule has 0 aliphatic heterocycles. The number of furan rings is 1. The van der Waals surface area contributed by atoms with Crippen LogP contribution in [0, 0.1) is 6.92 Å². The average Bonchev–Trinajstić information content (AvgIpc) is 3.46. The number of nitrogens with zero attached hydrogens (tertiary/aromatic N) is 1. The summed E-state index contributed by atoms with van der Waals surface area (Å²) in [5.74, 6) is 0.749. The van der Waals surface area contributed by atoms with Crippen LogP contribution in [0.3, 0.4) is 0 Å². The number of fused-ring (bicyclic) bond motifs is 2. The highest BCUT2D eigenvalue weighted by molar-refractivity contribution is 7.17.